The molecule has 168 valence electrons. The Kier molecular flexibility index (Phi) is 6.28. The quantitative estimate of drug-likeness (QED) is 0.448. The molecule has 0 N–H and O–H groups in total. The van der Waals surface area contributed by atoms with Gasteiger partial charge in [-0.25, -0.2) is 15.0 Å². The van der Waals surface area contributed by atoms with E-state index in [9.17, 15) is 4.79 Å². The van der Waals surface area contributed by atoms with Crippen LogP contribution in [0.2, 0.25) is 0 Å². The molecule has 3 heterocycles. The molecular formula is C26H27N5O2. The molecule has 2 aromatic heterocycles. The zero-order valence-electron chi connectivity index (χ0n) is 18.6. The van der Waals surface area contributed by atoms with E-state index in [0.29, 0.717) is 25.2 Å². The monoisotopic (exact) mass is 441 g/mol. The van der Waals surface area contributed by atoms with E-state index >= 15 is 0 Å². The lowest BCUT2D eigenvalue weighted by atomic mass is 10.1. The molecule has 1 saturated heterocycles. The number of aromatic nitrogens is 3. The molecule has 1 amide bonds. The van der Waals surface area contributed by atoms with Crippen molar-refractivity contribution in [3.8, 4) is 0 Å². The average molecular weight is 442 g/mol. The molecule has 0 atom stereocenters. The highest BCUT2D eigenvalue weighted by molar-refractivity contribution is 5.97. The second kappa shape index (κ2) is 9.81. The molecule has 0 saturated carbocycles. The van der Waals surface area contributed by atoms with E-state index in [1.54, 1.807) is 12.4 Å². The van der Waals surface area contributed by atoms with Crippen LogP contribution in [0.4, 0.5) is 5.95 Å². The highest BCUT2D eigenvalue weighted by Gasteiger charge is 2.22. The van der Waals surface area contributed by atoms with Crippen LogP contribution in [0.15, 0.2) is 71.4 Å². The number of hydrogen-bond acceptors (Lipinski definition) is 6. The minimum Gasteiger partial charge on any atom is -0.441 e. The summed E-state index contributed by atoms with van der Waals surface area (Å²) in [4.78, 5) is 30.6. The molecule has 4 aromatic rings. The van der Waals surface area contributed by atoms with E-state index in [0.717, 1.165) is 55.2 Å². The number of carbonyl (C=O) groups excluding carboxylic acids is 1. The molecule has 0 unspecified atom stereocenters. The zero-order chi connectivity index (χ0) is 22.5. The summed E-state index contributed by atoms with van der Waals surface area (Å²) in [5.41, 5.74) is 3.43. The van der Waals surface area contributed by atoms with Crippen molar-refractivity contribution in [3.63, 3.8) is 0 Å². The minimum absolute atomic E-state index is 0.0290. The van der Waals surface area contributed by atoms with Gasteiger partial charge in [0.2, 0.25) is 5.95 Å². The molecule has 1 aliphatic heterocycles. The Morgan fingerprint density at radius 3 is 2.61 bits per heavy atom. The molecule has 5 rings (SSSR count). The number of carbonyl (C=O) groups is 1. The SMILES string of the molecule is O=C(c1ccc2oc(CCCc3ccccc3)nc2c1)N1CCCN(c2ncccn2)CC1. The third-order valence-corrected chi connectivity index (χ3v) is 6.00. The van der Waals surface area contributed by atoms with Gasteiger partial charge in [0.15, 0.2) is 11.5 Å². The van der Waals surface area contributed by atoms with E-state index < -0.39 is 0 Å². The number of fused-ring (bicyclic) bond motifs is 1. The lowest BCUT2D eigenvalue weighted by molar-refractivity contribution is 0.0767. The molecule has 1 aliphatic rings. The first-order chi connectivity index (χ1) is 16.3. The molecule has 0 bridgehead atoms. The summed E-state index contributed by atoms with van der Waals surface area (Å²) in [5.74, 6) is 1.47. The van der Waals surface area contributed by atoms with Gasteiger partial charge in [-0.1, -0.05) is 30.3 Å². The number of amides is 1. The molecule has 7 nitrogen and oxygen atoms in total. The summed E-state index contributed by atoms with van der Waals surface area (Å²) < 4.78 is 5.91. The van der Waals surface area contributed by atoms with Crippen LogP contribution < -0.4 is 4.90 Å². The third kappa shape index (κ3) is 5.03. The number of rotatable bonds is 6. The number of anilines is 1. The molecule has 0 radical (unpaired) electrons. The summed E-state index contributed by atoms with van der Waals surface area (Å²) in [6.07, 6.45) is 7.11. The predicted octanol–water partition coefficient (Wildman–Crippen LogP) is 4.15. The Hall–Kier alpha value is -3.74. The van der Waals surface area contributed by atoms with E-state index in [-0.39, 0.29) is 5.91 Å². The van der Waals surface area contributed by atoms with Crippen LogP contribution >= 0.6 is 0 Å². The maximum atomic E-state index is 13.2. The van der Waals surface area contributed by atoms with Crippen LogP contribution in [0.5, 0.6) is 0 Å². The largest absolute Gasteiger partial charge is 0.441 e. The van der Waals surface area contributed by atoms with Crippen molar-refractivity contribution in [3.05, 3.63) is 84.0 Å². The molecule has 7 heteroatoms. The summed E-state index contributed by atoms with van der Waals surface area (Å²) >= 11 is 0. The molecule has 2 aromatic carbocycles. The molecule has 1 fully saturated rings. The maximum Gasteiger partial charge on any atom is 0.253 e. The molecule has 0 spiro atoms. The molecule has 0 aliphatic carbocycles. The summed E-state index contributed by atoms with van der Waals surface area (Å²) in [6.45, 7) is 2.90. The maximum absolute atomic E-state index is 13.2. The average Bonchev–Trinajstić information content (AvgIpc) is 3.10. The van der Waals surface area contributed by atoms with Crippen molar-refractivity contribution in [2.45, 2.75) is 25.7 Å². The summed E-state index contributed by atoms with van der Waals surface area (Å²) in [7, 11) is 0. The number of aryl methyl sites for hydroxylation is 2. The van der Waals surface area contributed by atoms with Gasteiger partial charge in [-0.3, -0.25) is 4.79 Å². The van der Waals surface area contributed by atoms with Crippen LogP contribution in [0.3, 0.4) is 0 Å². The molecular weight excluding hydrogens is 414 g/mol. The van der Waals surface area contributed by atoms with Crippen LogP contribution in [-0.2, 0) is 12.8 Å². The van der Waals surface area contributed by atoms with Crippen molar-refractivity contribution >= 4 is 23.0 Å². The number of hydrogen-bond donors (Lipinski definition) is 0. The summed E-state index contributed by atoms with van der Waals surface area (Å²) in [6, 6.07) is 17.8. The van der Waals surface area contributed by atoms with Gasteiger partial charge in [0, 0.05) is 50.6 Å². The Labute approximate surface area is 193 Å². The standard InChI is InChI=1S/C26H27N5O2/c32-25(30-15-6-16-31(18-17-30)26-27-13-5-14-28-26)21-11-12-23-22(19-21)29-24(33-23)10-4-9-20-7-2-1-3-8-20/h1-3,5,7-8,11-14,19H,4,6,9-10,15-18H2. The molecule has 33 heavy (non-hydrogen) atoms. The van der Waals surface area contributed by atoms with Gasteiger partial charge in [-0.15, -0.1) is 0 Å². The Morgan fingerprint density at radius 1 is 0.909 bits per heavy atom. The van der Waals surface area contributed by atoms with Gasteiger partial charge in [0.1, 0.15) is 5.52 Å². The van der Waals surface area contributed by atoms with Gasteiger partial charge in [0.25, 0.3) is 5.91 Å². The zero-order valence-corrected chi connectivity index (χ0v) is 18.6. The van der Waals surface area contributed by atoms with Crippen LogP contribution in [-0.4, -0.2) is 51.9 Å². The highest BCUT2D eigenvalue weighted by Crippen LogP contribution is 2.20. The lowest BCUT2D eigenvalue weighted by Crippen LogP contribution is -2.35. The van der Waals surface area contributed by atoms with Gasteiger partial charge >= 0.3 is 0 Å². The van der Waals surface area contributed by atoms with Gasteiger partial charge in [0.05, 0.1) is 0 Å². The topological polar surface area (TPSA) is 75.4 Å². The van der Waals surface area contributed by atoms with Gasteiger partial charge in [-0.05, 0) is 49.1 Å². The fourth-order valence-electron chi connectivity index (χ4n) is 4.26. The number of nitrogens with zero attached hydrogens (tertiary/aromatic N) is 5. The van der Waals surface area contributed by atoms with Crippen molar-refractivity contribution in [2.75, 3.05) is 31.1 Å². The Bertz CT molecular complexity index is 1210. The number of benzene rings is 2. The number of oxazole rings is 1. The van der Waals surface area contributed by atoms with Gasteiger partial charge < -0.3 is 14.2 Å². The van der Waals surface area contributed by atoms with Crippen molar-refractivity contribution in [1.29, 1.82) is 0 Å². The lowest BCUT2D eigenvalue weighted by Gasteiger charge is -2.22. The fraction of sp³-hybridized carbons (Fsp3) is 0.308. The first kappa shape index (κ1) is 21.1. The van der Waals surface area contributed by atoms with Crippen molar-refractivity contribution in [2.24, 2.45) is 0 Å². The van der Waals surface area contributed by atoms with Crippen molar-refractivity contribution in [1.82, 2.24) is 19.9 Å². The highest BCUT2D eigenvalue weighted by atomic mass is 16.3. The second-order valence-electron chi connectivity index (χ2n) is 8.31. The summed E-state index contributed by atoms with van der Waals surface area (Å²) in [5, 5.41) is 0. The Morgan fingerprint density at radius 2 is 1.76 bits per heavy atom. The predicted molar refractivity (Wildman–Crippen MR) is 127 cm³/mol. The third-order valence-electron chi connectivity index (χ3n) is 6.00. The Balaban J connectivity index is 1.22. The van der Waals surface area contributed by atoms with Crippen LogP contribution in [0.1, 0.15) is 34.7 Å². The minimum atomic E-state index is 0.0290. The second-order valence-corrected chi connectivity index (χ2v) is 8.31. The fourth-order valence-corrected chi connectivity index (χ4v) is 4.26. The van der Waals surface area contributed by atoms with E-state index in [2.05, 4.69) is 44.1 Å². The van der Waals surface area contributed by atoms with E-state index in [4.69, 9.17) is 4.42 Å². The first-order valence-corrected chi connectivity index (χ1v) is 11.5. The smallest absolute Gasteiger partial charge is 0.253 e. The first-order valence-electron chi connectivity index (χ1n) is 11.5. The van der Waals surface area contributed by atoms with Crippen LogP contribution in [0.25, 0.3) is 11.1 Å². The van der Waals surface area contributed by atoms with Crippen LogP contribution in [0, 0.1) is 0 Å². The van der Waals surface area contributed by atoms with E-state index in [1.165, 1.54) is 5.56 Å². The normalized spacial score (nSPS) is 14.4. The van der Waals surface area contributed by atoms with E-state index in [1.807, 2.05) is 35.2 Å². The van der Waals surface area contributed by atoms with Crippen molar-refractivity contribution < 1.29 is 9.21 Å². The van der Waals surface area contributed by atoms with Gasteiger partial charge in [-0.2, -0.15) is 0 Å².